The number of pyridine rings is 3. The summed E-state index contributed by atoms with van der Waals surface area (Å²) in [6.45, 7) is 0. The zero-order valence-corrected chi connectivity index (χ0v) is 20.4. The Morgan fingerprint density at radius 2 is 1.84 bits per heavy atom. The quantitative estimate of drug-likeness (QED) is 0.312. The molecule has 0 fully saturated rings. The van der Waals surface area contributed by atoms with Gasteiger partial charge >= 0.3 is 0 Å². The van der Waals surface area contributed by atoms with Gasteiger partial charge in [0.1, 0.15) is 17.6 Å². The van der Waals surface area contributed by atoms with Gasteiger partial charge in [-0.1, -0.05) is 53.2 Å². The van der Waals surface area contributed by atoms with Crippen LogP contribution in [0.1, 0.15) is 0 Å². The van der Waals surface area contributed by atoms with Crippen LogP contribution in [0.2, 0.25) is 5.02 Å². The van der Waals surface area contributed by atoms with Crippen molar-refractivity contribution in [2.75, 3.05) is 4.72 Å². The minimum atomic E-state index is -4.23. The lowest BCUT2D eigenvalue weighted by Crippen LogP contribution is -2.22. The maximum atomic E-state index is 13.5. The van der Waals surface area contributed by atoms with Crippen LogP contribution in [-0.2, 0) is 10.0 Å². The molecule has 0 atom stereocenters. The molecule has 0 aliphatic heterocycles. The Morgan fingerprint density at radius 1 is 1.00 bits per heavy atom. The van der Waals surface area contributed by atoms with Crippen molar-refractivity contribution >= 4 is 49.2 Å². The molecule has 9 nitrogen and oxygen atoms in total. The summed E-state index contributed by atoms with van der Waals surface area (Å²) in [4.78, 5) is 24.9. The van der Waals surface area contributed by atoms with Gasteiger partial charge in [0, 0.05) is 28.9 Å². The van der Waals surface area contributed by atoms with Crippen LogP contribution in [0, 0.1) is 0 Å². The third-order valence-corrected chi connectivity index (χ3v) is 7.50. The van der Waals surface area contributed by atoms with Crippen LogP contribution in [0.4, 0.5) is 5.69 Å². The monoisotopic (exact) mass is 529 g/mol. The second kappa shape index (κ2) is 8.84. The van der Waals surface area contributed by atoms with E-state index in [-0.39, 0.29) is 16.7 Å². The largest absolute Gasteiger partial charge is 0.362 e. The van der Waals surface area contributed by atoms with E-state index >= 15 is 0 Å². The van der Waals surface area contributed by atoms with Gasteiger partial charge in [0.25, 0.3) is 10.0 Å². The van der Waals surface area contributed by atoms with Crippen LogP contribution in [0.3, 0.4) is 0 Å². The maximum absolute atomic E-state index is 13.5. The number of fused-ring (bicyclic) bond motifs is 2. The second-order valence-corrected chi connectivity index (χ2v) is 10.2. The van der Waals surface area contributed by atoms with Crippen LogP contribution < -0.4 is 10.2 Å². The molecule has 0 amide bonds. The number of sulfonamides is 1. The molecule has 182 valence electrons. The van der Waals surface area contributed by atoms with Crippen LogP contribution in [0.15, 0.2) is 99.7 Å². The highest BCUT2D eigenvalue weighted by atomic mass is 35.5. The van der Waals surface area contributed by atoms with Gasteiger partial charge in [-0.05, 0) is 29.8 Å². The molecule has 0 bridgehead atoms. The van der Waals surface area contributed by atoms with Gasteiger partial charge in [-0.15, -0.1) is 0 Å². The Morgan fingerprint density at radius 3 is 2.62 bits per heavy atom. The van der Waals surface area contributed by atoms with E-state index in [0.717, 1.165) is 23.4 Å². The highest BCUT2D eigenvalue weighted by Crippen LogP contribution is 2.36. The number of benzene rings is 2. The van der Waals surface area contributed by atoms with E-state index in [1.165, 1.54) is 6.20 Å². The molecule has 0 saturated carbocycles. The summed E-state index contributed by atoms with van der Waals surface area (Å²) in [6, 6.07) is 18.5. The van der Waals surface area contributed by atoms with Crippen molar-refractivity contribution in [1.82, 2.24) is 20.1 Å². The third-order valence-electron chi connectivity index (χ3n) is 5.82. The van der Waals surface area contributed by atoms with Crippen molar-refractivity contribution < 1.29 is 12.9 Å². The Bertz CT molecular complexity index is 1960. The molecule has 11 heteroatoms. The van der Waals surface area contributed by atoms with Crippen molar-refractivity contribution in [1.29, 1.82) is 0 Å². The number of rotatable bonds is 5. The van der Waals surface area contributed by atoms with E-state index in [0.29, 0.717) is 27.4 Å². The number of anilines is 1. The number of hydrogen-bond acceptors (Lipinski definition) is 7. The van der Waals surface area contributed by atoms with Crippen molar-refractivity contribution in [2.45, 2.75) is 4.90 Å². The molecule has 2 aromatic carbocycles. The fourth-order valence-corrected chi connectivity index (χ4v) is 5.50. The third kappa shape index (κ3) is 4.11. The lowest BCUT2D eigenvalue weighted by molar-refractivity contribution is 0.420. The molecule has 6 rings (SSSR count). The molecular weight excluding hydrogens is 514 g/mol. The number of hydrogen-bond donors (Lipinski definition) is 2. The molecule has 0 unspecified atom stereocenters. The first-order valence-corrected chi connectivity index (χ1v) is 12.9. The number of nitrogens with zero attached hydrogens (tertiary/aromatic N) is 3. The van der Waals surface area contributed by atoms with Crippen LogP contribution in [0.25, 0.3) is 44.3 Å². The fraction of sp³-hybridized carbons (Fsp3) is 0. The molecule has 6 aromatic rings. The molecule has 0 saturated heterocycles. The number of nitrogens with one attached hydrogen (secondary N) is 2. The van der Waals surface area contributed by atoms with E-state index in [1.807, 2.05) is 48.5 Å². The van der Waals surface area contributed by atoms with Crippen molar-refractivity contribution in [2.24, 2.45) is 0 Å². The van der Waals surface area contributed by atoms with Gasteiger partial charge in [-0.25, -0.2) is 13.4 Å². The maximum Gasteiger partial charge on any atom is 0.267 e. The zero-order chi connectivity index (χ0) is 25.6. The molecule has 0 aliphatic rings. The van der Waals surface area contributed by atoms with Crippen LogP contribution in [0.5, 0.6) is 0 Å². The molecule has 4 aromatic heterocycles. The van der Waals surface area contributed by atoms with Gasteiger partial charge in [0.15, 0.2) is 4.90 Å². The first-order chi connectivity index (χ1) is 17.9. The van der Waals surface area contributed by atoms with E-state index in [2.05, 4.69) is 24.4 Å². The van der Waals surface area contributed by atoms with E-state index < -0.39 is 20.3 Å². The Kier molecular flexibility index (Phi) is 5.47. The van der Waals surface area contributed by atoms with Crippen LogP contribution >= 0.6 is 11.6 Å². The summed E-state index contributed by atoms with van der Waals surface area (Å²) in [5, 5.41) is 4.83. The average Bonchev–Trinajstić information content (AvgIpc) is 3.41. The van der Waals surface area contributed by atoms with Gasteiger partial charge in [0.05, 0.1) is 27.8 Å². The van der Waals surface area contributed by atoms with Crippen molar-refractivity contribution in [3.05, 3.63) is 101 Å². The normalized spacial score (nSPS) is 11.7. The Balaban J connectivity index is 1.61. The average molecular weight is 530 g/mol. The smallest absolute Gasteiger partial charge is 0.267 e. The number of H-pyrrole nitrogens is 1. The van der Waals surface area contributed by atoms with Gasteiger partial charge in [0.2, 0.25) is 5.43 Å². The molecule has 37 heavy (non-hydrogen) atoms. The lowest BCUT2D eigenvalue weighted by atomic mass is 9.97. The van der Waals surface area contributed by atoms with E-state index in [1.54, 1.807) is 18.3 Å². The Hall–Kier alpha value is -4.54. The minimum Gasteiger partial charge on any atom is -0.362 e. The summed E-state index contributed by atoms with van der Waals surface area (Å²) < 4.78 is 32.9. The van der Waals surface area contributed by atoms with E-state index in [9.17, 15) is 13.2 Å². The predicted molar refractivity (Wildman–Crippen MR) is 141 cm³/mol. The number of aromatic amines is 1. The van der Waals surface area contributed by atoms with Crippen molar-refractivity contribution in [3.8, 4) is 22.4 Å². The summed E-state index contributed by atoms with van der Waals surface area (Å²) in [5.74, 6) is 0. The van der Waals surface area contributed by atoms with Gasteiger partial charge < -0.3 is 9.51 Å². The molecule has 2 N–H and O–H groups in total. The fourth-order valence-electron chi connectivity index (χ4n) is 4.13. The molecular formula is C26H16ClN5O4S. The number of aromatic nitrogens is 4. The molecule has 0 spiro atoms. The first-order valence-electron chi connectivity index (χ1n) is 11.0. The summed E-state index contributed by atoms with van der Waals surface area (Å²) in [5.41, 5.74) is 3.00. The molecule has 4 heterocycles. The summed E-state index contributed by atoms with van der Waals surface area (Å²) in [6.07, 6.45) is 5.10. The zero-order valence-electron chi connectivity index (χ0n) is 18.8. The van der Waals surface area contributed by atoms with Crippen molar-refractivity contribution in [3.63, 3.8) is 0 Å². The highest BCUT2D eigenvalue weighted by Gasteiger charge is 2.23. The van der Waals surface area contributed by atoms with Crippen LogP contribution in [-0.4, -0.2) is 28.5 Å². The highest BCUT2D eigenvalue weighted by molar-refractivity contribution is 7.92. The second-order valence-electron chi connectivity index (χ2n) is 8.18. The minimum absolute atomic E-state index is 0.0946. The summed E-state index contributed by atoms with van der Waals surface area (Å²) in [7, 11) is -4.23. The number of halogens is 1. The van der Waals surface area contributed by atoms with E-state index in [4.69, 9.17) is 16.6 Å². The Labute approximate surface area is 214 Å². The van der Waals surface area contributed by atoms with Gasteiger partial charge in [-0.2, -0.15) is 0 Å². The standard InChI is InChI=1S/C26H16ClN5O4S/c27-21-10-17(9-16-7-4-8-28-24(16)21)19-11-20-25(33)22(37(34,35)32-18-12-30-36-14-18)13-29-26(20)31-23(19)15-5-2-1-3-6-15/h1-14,32H,(H,29,31,33). The lowest BCUT2D eigenvalue weighted by Gasteiger charge is -2.13. The topological polar surface area (TPSA) is 131 Å². The first kappa shape index (κ1) is 22.9. The molecule has 0 aliphatic carbocycles. The SMILES string of the molecule is O=c1c(S(=O)(=O)Nc2cnoc2)c[nH]c2nc(-c3ccccc3)c(-c3cc(Cl)c4ncccc4c3)cc12. The molecule has 0 radical (unpaired) electrons. The summed E-state index contributed by atoms with van der Waals surface area (Å²) >= 11 is 6.56. The predicted octanol–water partition coefficient (Wildman–Crippen LogP) is 5.25. The van der Waals surface area contributed by atoms with Gasteiger partial charge in [-0.3, -0.25) is 14.5 Å².